The van der Waals surface area contributed by atoms with Crippen molar-refractivity contribution in [3.63, 3.8) is 0 Å². The number of carbonyl (C=O) groups is 3. The number of hydrogen-bond donors (Lipinski definition) is 3. The maximum atomic E-state index is 14.0. The van der Waals surface area contributed by atoms with Crippen molar-refractivity contribution in [1.82, 2.24) is 15.1 Å². The minimum Gasteiger partial charge on any atom is -0.379 e. The van der Waals surface area contributed by atoms with Gasteiger partial charge in [-0.05, 0) is 36.7 Å². The van der Waals surface area contributed by atoms with E-state index < -0.39 is 49.5 Å². The lowest BCUT2D eigenvalue weighted by atomic mass is 9.89. The molecule has 1 aromatic rings. The molecule has 0 bridgehead atoms. The van der Waals surface area contributed by atoms with E-state index in [4.69, 9.17) is 19.7 Å². The number of methoxy groups -OCH3 is 2. The van der Waals surface area contributed by atoms with Crippen LogP contribution in [0.2, 0.25) is 0 Å². The molecular formula is C36H63N4O8P. The normalized spacial score (nSPS) is 20.5. The summed E-state index contributed by atoms with van der Waals surface area (Å²) in [6.07, 6.45) is 2.43. The van der Waals surface area contributed by atoms with Gasteiger partial charge in [0.05, 0.1) is 49.3 Å². The Morgan fingerprint density at radius 2 is 1.76 bits per heavy atom. The number of amides is 3. The number of rotatable bonds is 21. The van der Waals surface area contributed by atoms with E-state index in [0.29, 0.717) is 19.4 Å². The third-order valence-electron chi connectivity index (χ3n) is 10.0. The number of unbranched alkanes of at least 4 members (excludes halogenated alkanes) is 1. The maximum Gasteiger partial charge on any atom is 0.350 e. The van der Waals surface area contributed by atoms with Crippen molar-refractivity contribution in [2.45, 2.75) is 123 Å². The molecule has 13 heteroatoms. The molecule has 280 valence electrons. The molecule has 1 heterocycles. The number of nitrogens with two attached hydrogens (primary N) is 1. The fourth-order valence-corrected chi connectivity index (χ4v) is 7.94. The molecule has 0 spiro atoms. The lowest BCUT2D eigenvalue weighted by Gasteiger charge is -2.40. The average Bonchev–Trinajstić information content (AvgIpc) is 3.57. The first-order valence-corrected chi connectivity index (χ1v) is 19.5. The molecule has 9 atom stereocenters. The summed E-state index contributed by atoms with van der Waals surface area (Å²) in [6, 6.07) is 7.74. The Morgan fingerprint density at radius 1 is 1.10 bits per heavy atom. The van der Waals surface area contributed by atoms with Crippen molar-refractivity contribution < 1.29 is 37.8 Å². The maximum absolute atomic E-state index is 14.0. The fourth-order valence-electron chi connectivity index (χ4n) is 6.64. The summed E-state index contributed by atoms with van der Waals surface area (Å²) < 4.78 is 30.6. The van der Waals surface area contributed by atoms with Crippen molar-refractivity contribution in [2.75, 3.05) is 34.4 Å². The second-order valence-electron chi connectivity index (χ2n) is 13.8. The van der Waals surface area contributed by atoms with Crippen LogP contribution in [0.25, 0.3) is 0 Å². The summed E-state index contributed by atoms with van der Waals surface area (Å²) in [4.78, 5) is 55.4. The van der Waals surface area contributed by atoms with Gasteiger partial charge in [-0.3, -0.25) is 18.9 Å². The van der Waals surface area contributed by atoms with Crippen LogP contribution in [-0.4, -0.2) is 103 Å². The second-order valence-corrected chi connectivity index (χ2v) is 15.8. The van der Waals surface area contributed by atoms with Crippen LogP contribution in [0.4, 0.5) is 0 Å². The molecule has 12 nitrogen and oxygen atoms in total. The first kappa shape index (κ1) is 42.8. The number of hydrogen-bond acceptors (Lipinski definition) is 8. The molecule has 49 heavy (non-hydrogen) atoms. The molecule has 1 saturated heterocycles. The van der Waals surface area contributed by atoms with E-state index in [-0.39, 0.29) is 49.1 Å². The number of carbonyl (C=O) groups excluding carboxylic acids is 3. The summed E-state index contributed by atoms with van der Waals surface area (Å²) >= 11 is 0. The Morgan fingerprint density at radius 3 is 2.31 bits per heavy atom. The van der Waals surface area contributed by atoms with E-state index in [1.165, 1.54) is 7.11 Å². The van der Waals surface area contributed by atoms with Gasteiger partial charge in [0, 0.05) is 34.2 Å². The van der Waals surface area contributed by atoms with Crippen molar-refractivity contribution in [3.8, 4) is 0 Å². The Labute approximate surface area is 294 Å². The SMILES string of the molecule is CCCCOP(=O)(O)[C@H](Cc1ccccc1)NC(=O)[C@H](C)[C@@H](OC)[C@@H]1CCCN1C(=O)C[C@@H](OC)[C@H]([C@@H](C)CC)N(C)C(=O)[C@@H](N)C(C)C. The first-order chi connectivity index (χ1) is 23.1. The minimum atomic E-state index is -4.24. The molecule has 0 aliphatic carbocycles. The van der Waals surface area contributed by atoms with Crippen molar-refractivity contribution in [2.24, 2.45) is 23.5 Å². The molecule has 4 N–H and O–H groups in total. The molecule has 0 saturated carbocycles. The van der Waals surface area contributed by atoms with Crippen LogP contribution in [0.15, 0.2) is 30.3 Å². The van der Waals surface area contributed by atoms with E-state index in [0.717, 1.165) is 24.8 Å². The molecular weight excluding hydrogens is 647 g/mol. The molecule has 1 aliphatic heterocycles. The number of likely N-dealkylation sites (N-methyl/N-ethyl adjacent to an activating group) is 1. The fraction of sp³-hybridized carbons (Fsp3) is 0.750. The lowest BCUT2D eigenvalue weighted by Crippen LogP contribution is -2.56. The standard InChI is InChI=1S/C36H63N4O8P/c1-10-12-21-48-49(44,45)30(22-27-17-14-13-15-18-27)38-35(42)26(6)34(47-9)28-19-16-20-40(28)31(41)23-29(46-8)33(25(5)11-2)39(7)36(43)32(37)24(3)4/h13-15,17-18,24-26,28-30,32-34H,10-12,16,19-23,37H2,1-9H3,(H,38,42)(H,44,45)/t25-,26+,28-,29+,30+,32-,33-,34+/m0/s1. The Kier molecular flexibility index (Phi) is 17.9. The van der Waals surface area contributed by atoms with Gasteiger partial charge in [-0.1, -0.05) is 84.7 Å². The van der Waals surface area contributed by atoms with Crippen LogP contribution in [0, 0.1) is 17.8 Å². The number of ether oxygens (including phenoxy) is 2. The van der Waals surface area contributed by atoms with Crippen LogP contribution in [-0.2, 0) is 39.4 Å². The number of likely N-dealkylation sites (tertiary alicyclic amines) is 1. The molecule has 0 aromatic heterocycles. The summed E-state index contributed by atoms with van der Waals surface area (Å²) in [5.74, 6) is -2.74. The van der Waals surface area contributed by atoms with Gasteiger partial charge in [-0.25, -0.2) is 0 Å². The summed E-state index contributed by atoms with van der Waals surface area (Å²) in [7, 11) is 0.552. The third kappa shape index (κ3) is 11.9. The monoisotopic (exact) mass is 710 g/mol. The molecule has 1 aromatic carbocycles. The smallest absolute Gasteiger partial charge is 0.350 e. The van der Waals surface area contributed by atoms with E-state index in [2.05, 4.69) is 5.32 Å². The van der Waals surface area contributed by atoms with E-state index in [1.54, 1.807) is 30.9 Å². The van der Waals surface area contributed by atoms with Gasteiger partial charge in [0.25, 0.3) is 0 Å². The highest BCUT2D eigenvalue weighted by atomic mass is 31.2. The zero-order valence-electron chi connectivity index (χ0n) is 31.2. The predicted octanol–water partition coefficient (Wildman–Crippen LogP) is 4.58. The summed E-state index contributed by atoms with van der Waals surface area (Å²) in [5, 5.41) is 2.80. The van der Waals surface area contributed by atoms with Crippen LogP contribution < -0.4 is 11.1 Å². The van der Waals surface area contributed by atoms with Gasteiger partial charge in [-0.15, -0.1) is 0 Å². The van der Waals surface area contributed by atoms with Crippen LogP contribution in [0.1, 0.15) is 85.6 Å². The van der Waals surface area contributed by atoms with Gasteiger partial charge in [-0.2, -0.15) is 0 Å². The number of nitrogens with zero attached hydrogens (tertiary/aromatic N) is 2. The topological polar surface area (TPSA) is 161 Å². The van der Waals surface area contributed by atoms with Gasteiger partial charge in [0.1, 0.15) is 5.78 Å². The van der Waals surface area contributed by atoms with E-state index >= 15 is 0 Å². The van der Waals surface area contributed by atoms with Crippen LogP contribution in [0.5, 0.6) is 0 Å². The van der Waals surface area contributed by atoms with Crippen LogP contribution >= 0.6 is 7.60 Å². The highest BCUT2D eigenvalue weighted by Gasteiger charge is 2.43. The largest absolute Gasteiger partial charge is 0.379 e. The summed E-state index contributed by atoms with van der Waals surface area (Å²) in [5.41, 5.74) is 7.02. The van der Waals surface area contributed by atoms with Gasteiger partial charge in [0.2, 0.25) is 17.7 Å². The molecule has 0 radical (unpaired) electrons. The van der Waals surface area contributed by atoms with Gasteiger partial charge < -0.3 is 39.7 Å². The van der Waals surface area contributed by atoms with E-state index in [9.17, 15) is 23.8 Å². The van der Waals surface area contributed by atoms with Crippen LogP contribution in [0.3, 0.4) is 0 Å². The zero-order chi connectivity index (χ0) is 36.9. The number of nitrogens with one attached hydrogen (secondary N) is 1. The first-order valence-electron chi connectivity index (χ1n) is 17.8. The van der Waals surface area contributed by atoms with Gasteiger partial charge in [0.15, 0.2) is 0 Å². The quantitative estimate of drug-likeness (QED) is 0.123. The molecule has 1 unspecified atom stereocenters. The lowest BCUT2D eigenvalue weighted by molar-refractivity contribution is -0.146. The molecule has 3 amide bonds. The third-order valence-corrected chi connectivity index (χ3v) is 11.7. The Hall–Kier alpha value is -2.34. The number of benzene rings is 1. The highest BCUT2D eigenvalue weighted by molar-refractivity contribution is 7.53. The second kappa shape index (κ2) is 20.5. The van der Waals surface area contributed by atoms with E-state index in [1.807, 2.05) is 65.0 Å². The van der Waals surface area contributed by atoms with Crippen molar-refractivity contribution in [3.05, 3.63) is 35.9 Å². The van der Waals surface area contributed by atoms with Crippen molar-refractivity contribution >= 4 is 25.3 Å². The Bertz CT molecular complexity index is 1220. The summed E-state index contributed by atoms with van der Waals surface area (Å²) in [6.45, 7) is 12.1. The zero-order valence-corrected chi connectivity index (χ0v) is 32.1. The molecule has 1 aliphatic rings. The van der Waals surface area contributed by atoms with Gasteiger partial charge >= 0.3 is 7.60 Å². The minimum absolute atomic E-state index is 0.0353. The highest BCUT2D eigenvalue weighted by Crippen LogP contribution is 2.48. The molecule has 2 rings (SSSR count). The average molecular weight is 711 g/mol. The Balaban J connectivity index is 2.27. The van der Waals surface area contributed by atoms with Crippen molar-refractivity contribution in [1.29, 1.82) is 0 Å². The molecule has 1 fully saturated rings. The predicted molar refractivity (Wildman–Crippen MR) is 192 cm³/mol.